The summed E-state index contributed by atoms with van der Waals surface area (Å²) in [6.45, 7) is 4.16. The molecule has 0 aliphatic carbocycles. The van der Waals surface area contributed by atoms with Gasteiger partial charge in [0, 0.05) is 24.8 Å². The molecule has 1 saturated heterocycles. The van der Waals surface area contributed by atoms with E-state index in [2.05, 4.69) is 26.5 Å². The van der Waals surface area contributed by atoms with E-state index in [-0.39, 0.29) is 31.2 Å². The third-order valence-electron chi connectivity index (χ3n) is 5.70. The number of hydrogen-bond donors (Lipinski definition) is 1. The number of fused-ring (bicyclic) bond motifs is 1. The van der Waals surface area contributed by atoms with Gasteiger partial charge in [0.25, 0.3) is 0 Å². The number of nitrogens with one attached hydrogen (secondary N) is 1. The SMILES string of the molecule is CCS(=O)(=O)N1CC(CC#N)(n2cc(C3(C)N=CN=C4NC=CC43)cn2)C1. The molecule has 0 bridgehead atoms. The molecule has 1 fully saturated rings. The Labute approximate surface area is 158 Å². The number of aromatic nitrogens is 2. The topological polar surface area (TPSA) is 116 Å². The first-order valence-corrected chi connectivity index (χ1v) is 10.4. The maximum Gasteiger partial charge on any atom is 0.213 e. The second-order valence-corrected chi connectivity index (χ2v) is 9.55. The minimum atomic E-state index is -3.27. The van der Waals surface area contributed by atoms with Crippen molar-refractivity contribution in [3.63, 3.8) is 0 Å². The monoisotopic (exact) mass is 387 g/mol. The van der Waals surface area contributed by atoms with Gasteiger partial charge in [0.1, 0.15) is 23.3 Å². The van der Waals surface area contributed by atoms with Gasteiger partial charge in [-0.3, -0.25) is 9.67 Å². The molecule has 9 nitrogen and oxygen atoms in total. The van der Waals surface area contributed by atoms with Crippen molar-refractivity contribution in [3.8, 4) is 6.07 Å². The van der Waals surface area contributed by atoms with E-state index in [9.17, 15) is 13.7 Å². The van der Waals surface area contributed by atoms with Crippen molar-refractivity contribution >= 4 is 22.2 Å². The van der Waals surface area contributed by atoms with Gasteiger partial charge in [-0.1, -0.05) is 6.08 Å². The van der Waals surface area contributed by atoms with Crippen molar-refractivity contribution in [1.29, 1.82) is 5.26 Å². The third-order valence-corrected chi connectivity index (χ3v) is 7.48. The van der Waals surface area contributed by atoms with Gasteiger partial charge in [0.15, 0.2) is 0 Å². The number of rotatable bonds is 5. The second-order valence-electron chi connectivity index (χ2n) is 7.29. The van der Waals surface area contributed by atoms with Crippen LogP contribution < -0.4 is 5.32 Å². The summed E-state index contributed by atoms with van der Waals surface area (Å²) in [6.07, 6.45) is 9.27. The van der Waals surface area contributed by atoms with E-state index >= 15 is 0 Å². The summed E-state index contributed by atoms with van der Waals surface area (Å²) in [5.41, 5.74) is -0.286. The highest BCUT2D eigenvalue weighted by Crippen LogP contribution is 2.40. The lowest BCUT2D eigenvalue weighted by Gasteiger charge is -2.47. The molecule has 3 aliphatic rings. The van der Waals surface area contributed by atoms with Crippen molar-refractivity contribution in [2.45, 2.75) is 31.3 Å². The molecule has 0 radical (unpaired) electrons. The molecule has 1 N–H and O–H groups in total. The summed E-state index contributed by atoms with van der Waals surface area (Å²) in [5.74, 6) is 0.886. The predicted molar refractivity (Wildman–Crippen MR) is 101 cm³/mol. The maximum absolute atomic E-state index is 12.1. The highest BCUT2D eigenvalue weighted by Gasteiger charge is 2.50. The van der Waals surface area contributed by atoms with E-state index in [1.807, 2.05) is 25.4 Å². The molecule has 0 saturated carbocycles. The zero-order valence-electron chi connectivity index (χ0n) is 15.2. The van der Waals surface area contributed by atoms with Crippen molar-refractivity contribution in [2.24, 2.45) is 15.9 Å². The molecule has 3 aliphatic heterocycles. The van der Waals surface area contributed by atoms with Crippen LogP contribution in [0.3, 0.4) is 0 Å². The van der Waals surface area contributed by atoms with Crippen LogP contribution in [0.1, 0.15) is 25.8 Å². The molecule has 4 rings (SSSR count). The molecular formula is C17H21N7O2S. The molecule has 1 aromatic rings. The van der Waals surface area contributed by atoms with Gasteiger partial charge >= 0.3 is 0 Å². The zero-order chi connectivity index (χ0) is 19.3. The average molecular weight is 387 g/mol. The maximum atomic E-state index is 12.1. The van der Waals surface area contributed by atoms with Gasteiger partial charge < -0.3 is 5.32 Å². The van der Waals surface area contributed by atoms with Gasteiger partial charge in [0.2, 0.25) is 10.0 Å². The Morgan fingerprint density at radius 2 is 2.22 bits per heavy atom. The smallest absolute Gasteiger partial charge is 0.213 e. The molecule has 142 valence electrons. The summed E-state index contributed by atoms with van der Waals surface area (Å²) >= 11 is 0. The first kappa shape index (κ1) is 17.9. The Hall–Kier alpha value is -2.51. The Balaban J connectivity index is 1.64. The van der Waals surface area contributed by atoms with E-state index < -0.39 is 21.1 Å². The molecule has 27 heavy (non-hydrogen) atoms. The Morgan fingerprint density at radius 3 is 2.93 bits per heavy atom. The van der Waals surface area contributed by atoms with Gasteiger partial charge in [-0.25, -0.2) is 13.4 Å². The molecule has 4 heterocycles. The van der Waals surface area contributed by atoms with Gasteiger partial charge in [-0.15, -0.1) is 0 Å². The summed E-state index contributed by atoms with van der Waals surface area (Å²) in [5, 5.41) is 16.9. The van der Waals surface area contributed by atoms with Crippen LogP contribution in [0.15, 0.2) is 34.7 Å². The molecule has 1 aromatic heterocycles. The lowest BCUT2D eigenvalue weighted by Crippen LogP contribution is -2.64. The van der Waals surface area contributed by atoms with E-state index in [4.69, 9.17) is 0 Å². The number of nitriles is 1. The van der Waals surface area contributed by atoms with Crippen LogP contribution in [0.25, 0.3) is 0 Å². The molecule has 2 unspecified atom stereocenters. The zero-order valence-corrected chi connectivity index (χ0v) is 16.0. The van der Waals surface area contributed by atoms with Crippen molar-refractivity contribution in [3.05, 3.63) is 30.2 Å². The Bertz CT molecular complexity index is 995. The standard InChI is InChI=1S/C17H21N7O2S/c1-3-27(25,26)23-10-17(11-23,5-6-18)24-9-13(8-22-24)16(2)14-4-7-19-15(14)20-12-21-16/h4,7-9,12,14H,3,5,10-11H2,1-2H3,(H,19,20,21). The number of amidine groups is 1. The van der Waals surface area contributed by atoms with Crippen molar-refractivity contribution < 1.29 is 8.42 Å². The fourth-order valence-corrected chi connectivity index (χ4v) is 5.08. The van der Waals surface area contributed by atoms with E-state index in [0.29, 0.717) is 0 Å². The number of hydrogen-bond acceptors (Lipinski definition) is 7. The molecule has 0 spiro atoms. The van der Waals surface area contributed by atoms with E-state index in [1.54, 1.807) is 24.1 Å². The van der Waals surface area contributed by atoms with Crippen LogP contribution in [-0.2, 0) is 21.1 Å². The first-order chi connectivity index (χ1) is 12.8. The van der Waals surface area contributed by atoms with Crippen LogP contribution in [-0.4, -0.2) is 53.5 Å². The van der Waals surface area contributed by atoms with Crippen LogP contribution in [0.2, 0.25) is 0 Å². The van der Waals surface area contributed by atoms with Crippen LogP contribution >= 0.6 is 0 Å². The number of aliphatic imine (C=N–C) groups is 2. The van der Waals surface area contributed by atoms with Crippen LogP contribution in [0, 0.1) is 17.2 Å². The van der Waals surface area contributed by atoms with Crippen molar-refractivity contribution in [2.75, 3.05) is 18.8 Å². The molecule has 10 heteroatoms. The quantitative estimate of drug-likeness (QED) is 0.792. The fraction of sp³-hybridized carbons (Fsp3) is 0.529. The lowest BCUT2D eigenvalue weighted by molar-refractivity contribution is 0.0716. The summed E-state index contributed by atoms with van der Waals surface area (Å²) in [4.78, 5) is 8.88. The fourth-order valence-electron chi connectivity index (χ4n) is 3.85. The Kier molecular flexibility index (Phi) is 3.98. The minimum Gasteiger partial charge on any atom is -0.350 e. The predicted octanol–water partition coefficient (Wildman–Crippen LogP) is 0.546. The highest BCUT2D eigenvalue weighted by molar-refractivity contribution is 7.89. The largest absolute Gasteiger partial charge is 0.350 e. The summed E-state index contributed by atoms with van der Waals surface area (Å²) in [7, 11) is -3.27. The Morgan fingerprint density at radius 1 is 1.44 bits per heavy atom. The number of sulfonamides is 1. The summed E-state index contributed by atoms with van der Waals surface area (Å²) < 4.78 is 27.4. The second kappa shape index (κ2) is 6.00. The van der Waals surface area contributed by atoms with Gasteiger partial charge in [-0.05, 0) is 20.0 Å². The molecule has 2 atom stereocenters. The number of nitrogens with zero attached hydrogens (tertiary/aromatic N) is 6. The van der Waals surface area contributed by atoms with Gasteiger partial charge in [0.05, 0.1) is 30.4 Å². The first-order valence-electron chi connectivity index (χ1n) is 8.80. The lowest BCUT2D eigenvalue weighted by atomic mass is 9.80. The van der Waals surface area contributed by atoms with Crippen molar-refractivity contribution in [1.82, 2.24) is 19.4 Å². The van der Waals surface area contributed by atoms with E-state index in [1.165, 1.54) is 4.31 Å². The molecular weight excluding hydrogens is 366 g/mol. The molecule has 0 amide bonds. The van der Waals surface area contributed by atoms with Crippen LogP contribution in [0.4, 0.5) is 0 Å². The average Bonchev–Trinajstić information content (AvgIpc) is 3.28. The summed E-state index contributed by atoms with van der Waals surface area (Å²) in [6, 6.07) is 2.18. The van der Waals surface area contributed by atoms with E-state index in [0.717, 1.165) is 11.4 Å². The highest BCUT2D eigenvalue weighted by atomic mass is 32.2. The normalized spacial score (nSPS) is 28.8. The molecule has 0 aromatic carbocycles. The minimum absolute atomic E-state index is 0.00887. The van der Waals surface area contributed by atoms with Crippen LogP contribution in [0.5, 0.6) is 0 Å². The van der Waals surface area contributed by atoms with Gasteiger partial charge in [-0.2, -0.15) is 14.7 Å². The third kappa shape index (κ3) is 2.61.